The minimum Gasteiger partial charge on any atom is -0.331 e. The van der Waals surface area contributed by atoms with Crippen LogP contribution in [0.15, 0.2) is 30.3 Å². The largest absolute Gasteiger partial charge is 0.331 e. The minimum atomic E-state index is 0.452. The number of nitrogens with zero attached hydrogens (tertiary/aromatic N) is 2. The van der Waals surface area contributed by atoms with Crippen molar-refractivity contribution in [2.45, 2.75) is 13.3 Å². The zero-order chi connectivity index (χ0) is 15.1. The molecule has 0 saturated heterocycles. The molecule has 0 spiro atoms. The lowest BCUT2D eigenvalue weighted by Crippen LogP contribution is -1.94. The molecule has 2 aromatic carbocycles. The van der Waals surface area contributed by atoms with Crippen molar-refractivity contribution >= 4 is 45.8 Å². The predicted octanol–water partition coefficient (Wildman–Crippen LogP) is 5.76. The Labute approximate surface area is 138 Å². The van der Waals surface area contributed by atoms with Crippen molar-refractivity contribution in [3.05, 3.63) is 51.2 Å². The number of para-hydroxylation sites is 1. The number of halogens is 3. The van der Waals surface area contributed by atoms with Gasteiger partial charge in [0.1, 0.15) is 5.82 Å². The number of fused-ring (bicyclic) bond motifs is 1. The van der Waals surface area contributed by atoms with Crippen LogP contribution in [0.1, 0.15) is 12.7 Å². The number of rotatable bonds is 2. The first-order chi connectivity index (χ1) is 10.0. The number of hydrogen-bond acceptors (Lipinski definition) is 1. The van der Waals surface area contributed by atoms with Crippen LogP contribution in [0.3, 0.4) is 0 Å². The van der Waals surface area contributed by atoms with Gasteiger partial charge in [-0.25, -0.2) is 4.98 Å². The molecule has 1 heterocycles. The zero-order valence-corrected chi connectivity index (χ0v) is 13.9. The lowest BCUT2D eigenvalue weighted by atomic mass is 10.0. The van der Waals surface area contributed by atoms with Gasteiger partial charge in [0.2, 0.25) is 0 Å². The topological polar surface area (TPSA) is 17.8 Å². The number of aromatic nitrogens is 2. The highest BCUT2D eigenvalue weighted by atomic mass is 35.5. The summed E-state index contributed by atoms with van der Waals surface area (Å²) in [5.74, 6) is 1.04. The summed E-state index contributed by atoms with van der Waals surface area (Å²) in [4.78, 5) is 4.73. The van der Waals surface area contributed by atoms with Crippen molar-refractivity contribution < 1.29 is 0 Å². The second kappa shape index (κ2) is 5.53. The first-order valence-corrected chi connectivity index (χ1v) is 7.75. The Morgan fingerprint density at radius 2 is 1.71 bits per heavy atom. The molecule has 21 heavy (non-hydrogen) atoms. The maximum Gasteiger partial charge on any atom is 0.109 e. The van der Waals surface area contributed by atoms with Crippen LogP contribution in [0, 0.1) is 0 Å². The van der Waals surface area contributed by atoms with Gasteiger partial charge >= 0.3 is 0 Å². The quantitative estimate of drug-likeness (QED) is 0.542. The molecular weight excluding hydrogens is 327 g/mol. The molecule has 1 aromatic heterocycles. The highest BCUT2D eigenvalue weighted by Gasteiger charge is 2.15. The molecule has 108 valence electrons. The van der Waals surface area contributed by atoms with E-state index < -0.39 is 0 Å². The highest BCUT2D eigenvalue weighted by Crippen LogP contribution is 2.38. The summed E-state index contributed by atoms with van der Waals surface area (Å²) in [6.45, 7) is 2.09. The van der Waals surface area contributed by atoms with Crippen molar-refractivity contribution in [3.8, 4) is 11.1 Å². The summed E-state index contributed by atoms with van der Waals surface area (Å²) in [5, 5.41) is 1.51. The van der Waals surface area contributed by atoms with Gasteiger partial charge in [-0.2, -0.15) is 0 Å². The Hall–Kier alpha value is -1.22. The van der Waals surface area contributed by atoms with E-state index in [2.05, 4.69) is 17.6 Å². The molecule has 3 rings (SSSR count). The summed E-state index contributed by atoms with van der Waals surface area (Å²) < 4.78 is 2.10. The highest BCUT2D eigenvalue weighted by molar-refractivity contribution is 6.44. The molecule has 0 fully saturated rings. The smallest absolute Gasteiger partial charge is 0.109 e. The van der Waals surface area contributed by atoms with Gasteiger partial charge in [0.05, 0.1) is 26.1 Å². The van der Waals surface area contributed by atoms with Gasteiger partial charge in [-0.3, -0.25) is 0 Å². The van der Waals surface area contributed by atoms with Crippen molar-refractivity contribution in [2.24, 2.45) is 7.05 Å². The maximum atomic E-state index is 6.34. The van der Waals surface area contributed by atoms with Crippen LogP contribution in [-0.4, -0.2) is 9.55 Å². The molecular formula is C16H13Cl3N2. The van der Waals surface area contributed by atoms with Gasteiger partial charge in [0.15, 0.2) is 0 Å². The van der Waals surface area contributed by atoms with Crippen LogP contribution in [0.2, 0.25) is 15.1 Å². The van der Waals surface area contributed by atoms with Crippen molar-refractivity contribution in [3.63, 3.8) is 0 Å². The molecule has 3 aromatic rings. The SMILES string of the molecule is CCc1nc2c(-c3cc(Cl)c(Cl)cc3Cl)cccc2n1C. The molecule has 0 radical (unpaired) electrons. The molecule has 0 bridgehead atoms. The Bertz CT molecular complexity index is 837. The Balaban J connectivity index is 2.33. The number of hydrogen-bond donors (Lipinski definition) is 0. The third kappa shape index (κ3) is 2.42. The Morgan fingerprint density at radius 1 is 1.00 bits per heavy atom. The van der Waals surface area contributed by atoms with E-state index in [4.69, 9.17) is 39.8 Å². The van der Waals surface area contributed by atoms with Gasteiger partial charge in [-0.15, -0.1) is 0 Å². The normalized spacial score (nSPS) is 11.3. The fraction of sp³-hybridized carbons (Fsp3) is 0.188. The molecule has 0 saturated carbocycles. The van der Waals surface area contributed by atoms with E-state index in [0.717, 1.165) is 34.4 Å². The first kappa shape index (κ1) is 14.7. The third-order valence-electron chi connectivity index (χ3n) is 3.62. The molecule has 5 heteroatoms. The van der Waals surface area contributed by atoms with Crippen LogP contribution in [0.4, 0.5) is 0 Å². The fourth-order valence-electron chi connectivity index (χ4n) is 2.53. The van der Waals surface area contributed by atoms with Crippen molar-refractivity contribution in [2.75, 3.05) is 0 Å². The molecule has 0 aliphatic carbocycles. The average molecular weight is 340 g/mol. The van der Waals surface area contributed by atoms with E-state index in [1.165, 1.54) is 0 Å². The van der Waals surface area contributed by atoms with E-state index in [1.807, 2.05) is 19.2 Å². The van der Waals surface area contributed by atoms with Crippen LogP contribution < -0.4 is 0 Å². The molecule has 0 aliphatic rings. The van der Waals surface area contributed by atoms with Crippen LogP contribution in [0.25, 0.3) is 22.2 Å². The molecule has 0 N–H and O–H groups in total. The second-order valence-electron chi connectivity index (χ2n) is 4.86. The summed E-state index contributed by atoms with van der Waals surface area (Å²) >= 11 is 18.5. The molecule has 0 unspecified atom stereocenters. The monoisotopic (exact) mass is 338 g/mol. The molecule has 0 atom stereocenters. The Kier molecular flexibility index (Phi) is 3.87. The number of aryl methyl sites for hydroxylation is 2. The summed E-state index contributed by atoms with van der Waals surface area (Å²) in [7, 11) is 2.02. The van der Waals surface area contributed by atoms with E-state index >= 15 is 0 Å². The van der Waals surface area contributed by atoms with Crippen LogP contribution in [0.5, 0.6) is 0 Å². The lowest BCUT2D eigenvalue weighted by molar-refractivity contribution is 0.829. The van der Waals surface area contributed by atoms with Crippen LogP contribution >= 0.6 is 34.8 Å². The fourth-order valence-corrected chi connectivity index (χ4v) is 3.17. The van der Waals surface area contributed by atoms with Gasteiger partial charge < -0.3 is 4.57 Å². The van der Waals surface area contributed by atoms with E-state index in [1.54, 1.807) is 12.1 Å². The van der Waals surface area contributed by atoms with E-state index in [9.17, 15) is 0 Å². The van der Waals surface area contributed by atoms with Gasteiger partial charge in [0, 0.05) is 24.6 Å². The van der Waals surface area contributed by atoms with E-state index in [0.29, 0.717) is 15.1 Å². The van der Waals surface area contributed by atoms with Crippen molar-refractivity contribution in [1.29, 1.82) is 0 Å². The van der Waals surface area contributed by atoms with Gasteiger partial charge in [-0.05, 0) is 18.2 Å². The maximum absolute atomic E-state index is 6.34. The number of imidazole rings is 1. The number of benzene rings is 2. The minimum absolute atomic E-state index is 0.452. The average Bonchev–Trinajstić information content (AvgIpc) is 2.80. The lowest BCUT2D eigenvalue weighted by Gasteiger charge is -2.08. The Morgan fingerprint density at radius 3 is 2.43 bits per heavy atom. The summed E-state index contributed by atoms with van der Waals surface area (Å²) in [6.07, 6.45) is 0.875. The molecule has 0 amide bonds. The summed E-state index contributed by atoms with van der Waals surface area (Å²) in [5.41, 5.74) is 3.81. The first-order valence-electron chi connectivity index (χ1n) is 6.62. The zero-order valence-electron chi connectivity index (χ0n) is 11.6. The standard InChI is InChI=1S/C16H13Cl3N2/c1-3-15-20-16-9(5-4-6-14(16)21(15)2)10-7-12(18)13(19)8-11(10)17/h4-8H,3H2,1-2H3. The van der Waals surface area contributed by atoms with E-state index in [-0.39, 0.29) is 0 Å². The predicted molar refractivity (Wildman–Crippen MR) is 90.6 cm³/mol. The van der Waals surface area contributed by atoms with Gasteiger partial charge in [-0.1, -0.05) is 53.9 Å². The van der Waals surface area contributed by atoms with Crippen LogP contribution in [-0.2, 0) is 13.5 Å². The summed E-state index contributed by atoms with van der Waals surface area (Å²) in [6, 6.07) is 9.51. The third-order valence-corrected chi connectivity index (χ3v) is 4.66. The van der Waals surface area contributed by atoms with Crippen molar-refractivity contribution in [1.82, 2.24) is 9.55 Å². The molecule has 2 nitrogen and oxygen atoms in total. The van der Waals surface area contributed by atoms with Gasteiger partial charge in [0.25, 0.3) is 0 Å². The molecule has 0 aliphatic heterocycles. The second-order valence-corrected chi connectivity index (χ2v) is 6.08.